The molecule has 1 unspecified atom stereocenters. The SMILES string of the molecule is C=Cc1ccc(-[n+]2ccc(-c3ccncc3)cc2C(C)P(=O)(O)O)cc1. The van der Waals surface area contributed by atoms with Gasteiger partial charge in [0.15, 0.2) is 6.20 Å². The maximum absolute atomic E-state index is 11.9. The first-order valence-electron chi connectivity index (χ1n) is 8.14. The lowest BCUT2D eigenvalue weighted by Gasteiger charge is -2.14. The van der Waals surface area contributed by atoms with Crippen LogP contribution in [0.4, 0.5) is 0 Å². The van der Waals surface area contributed by atoms with Crippen molar-refractivity contribution in [3.05, 3.63) is 85.0 Å². The minimum absolute atomic E-state index is 0.541. The van der Waals surface area contributed by atoms with Crippen molar-refractivity contribution in [3.8, 4) is 16.8 Å². The maximum Gasteiger partial charge on any atom is 0.338 e. The van der Waals surface area contributed by atoms with Crippen molar-refractivity contribution in [1.29, 1.82) is 0 Å². The number of hydrogen-bond acceptors (Lipinski definition) is 2. The van der Waals surface area contributed by atoms with E-state index in [4.69, 9.17) is 0 Å². The van der Waals surface area contributed by atoms with Gasteiger partial charge in [0.2, 0.25) is 11.4 Å². The molecule has 0 amide bonds. The van der Waals surface area contributed by atoms with E-state index in [-0.39, 0.29) is 0 Å². The van der Waals surface area contributed by atoms with Crippen LogP contribution in [0.15, 0.2) is 73.7 Å². The van der Waals surface area contributed by atoms with Crippen LogP contribution in [0.2, 0.25) is 0 Å². The Kier molecular flexibility index (Phi) is 5.14. The average molecular weight is 367 g/mol. The summed E-state index contributed by atoms with van der Waals surface area (Å²) in [5.41, 5.74) is 3.22. The smallest absolute Gasteiger partial charge is 0.324 e. The van der Waals surface area contributed by atoms with Gasteiger partial charge in [0.05, 0.1) is 0 Å². The van der Waals surface area contributed by atoms with Gasteiger partial charge in [0, 0.05) is 36.7 Å². The number of pyridine rings is 2. The molecule has 3 aromatic rings. The summed E-state index contributed by atoms with van der Waals surface area (Å²) in [5.74, 6) is 0. The van der Waals surface area contributed by atoms with Gasteiger partial charge in [0.1, 0.15) is 5.66 Å². The molecular weight excluding hydrogens is 347 g/mol. The van der Waals surface area contributed by atoms with Crippen LogP contribution in [0.5, 0.6) is 0 Å². The third-order valence-electron chi connectivity index (χ3n) is 4.34. The summed E-state index contributed by atoms with van der Waals surface area (Å²) in [4.78, 5) is 23.5. The van der Waals surface area contributed by atoms with Gasteiger partial charge in [0.25, 0.3) is 0 Å². The Labute approximate surface area is 152 Å². The van der Waals surface area contributed by atoms with Crippen LogP contribution in [0, 0.1) is 0 Å². The Hall–Kier alpha value is -2.59. The van der Waals surface area contributed by atoms with Crippen LogP contribution < -0.4 is 4.57 Å². The van der Waals surface area contributed by atoms with E-state index in [1.165, 1.54) is 0 Å². The second kappa shape index (κ2) is 7.34. The Balaban J connectivity index is 2.16. The summed E-state index contributed by atoms with van der Waals surface area (Å²) < 4.78 is 13.7. The summed E-state index contributed by atoms with van der Waals surface area (Å²) in [6.45, 7) is 5.28. The quantitative estimate of drug-likeness (QED) is 0.530. The topological polar surface area (TPSA) is 74.3 Å². The summed E-state index contributed by atoms with van der Waals surface area (Å²) >= 11 is 0. The predicted octanol–water partition coefficient (Wildman–Crippen LogP) is 3.91. The number of hydrogen-bond donors (Lipinski definition) is 2. The molecule has 2 heterocycles. The molecule has 3 rings (SSSR count). The Morgan fingerprint density at radius 2 is 1.73 bits per heavy atom. The van der Waals surface area contributed by atoms with E-state index in [2.05, 4.69) is 11.6 Å². The van der Waals surface area contributed by atoms with E-state index >= 15 is 0 Å². The van der Waals surface area contributed by atoms with Crippen molar-refractivity contribution in [2.75, 3.05) is 0 Å². The number of nitrogens with zero attached hydrogens (tertiary/aromatic N) is 2. The molecule has 1 aromatic carbocycles. The lowest BCUT2D eigenvalue weighted by molar-refractivity contribution is -0.604. The fourth-order valence-corrected chi connectivity index (χ4v) is 3.29. The first kappa shape index (κ1) is 18.2. The van der Waals surface area contributed by atoms with Crippen LogP contribution >= 0.6 is 7.60 Å². The second-order valence-electron chi connectivity index (χ2n) is 6.01. The first-order valence-corrected chi connectivity index (χ1v) is 9.82. The van der Waals surface area contributed by atoms with Crippen molar-refractivity contribution < 1.29 is 18.9 Å². The monoisotopic (exact) mass is 367 g/mol. The molecule has 0 fully saturated rings. The minimum Gasteiger partial charge on any atom is -0.324 e. The molecule has 0 aliphatic heterocycles. The first-order chi connectivity index (χ1) is 12.4. The molecule has 132 valence electrons. The zero-order chi connectivity index (χ0) is 18.7. The molecule has 0 aliphatic carbocycles. The van der Waals surface area contributed by atoms with Crippen molar-refractivity contribution >= 4 is 13.7 Å². The van der Waals surface area contributed by atoms with E-state index in [0.717, 1.165) is 22.4 Å². The largest absolute Gasteiger partial charge is 0.338 e. The molecule has 0 bridgehead atoms. The molecule has 0 spiro atoms. The van der Waals surface area contributed by atoms with Gasteiger partial charge in [-0.2, -0.15) is 4.57 Å². The van der Waals surface area contributed by atoms with E-state index in [1.807, 2.05) is 54.7 Å². The molecule has 0 saturated carbocycles. The molecular formula is C20H20N2O3P+. The normalized spacial score (nSPS) is 12.6. The van der Waals surface area contributed by atoms with E-state index < -0.39 is 13.3 Å². The van der Waals surface area contributed by atoms with Crippen LogP contribution in [0.25, 0.3) is 22.9 Å². The van der Waals surface area contributed by atoms with E-state index in [1.54, 1.807) is 30.0 Å². The highest BCUT2D eigenvalue weighted by Gasteiger charge is 2.34. The van der Waals surface area contributed by atoms with Gasteiger partial charge < -0.3 is 9.79 Å². The fraction of sp³-hybridized carbons (Fsp3) is 0.100. The third-order valence-corrected chi connectivity index (χ3v) is 5.61. The summed E-state index contributed by atoms with van der Waals surface area (Å²) in [5, 5.41) is 0. The highest BCUT2D eigenvalue weighted by Crippen LogP contribution is 2.50. The summed E-state index contributed by atoms with van der Waals surface area (Å²) in [7, 11) is -4.30. The fourth-order valence-electron chi connectivity index (χ4n) is 2.74. The predicted molar refractivity (Wildman–Crippen MR) is 102 cm³/mol. The van der Waals surface area contributed by atoms with E-state index in [0.29, 0.717) is 5.69 Å². The zero-order valence-electron chi connectivity index (χ0n) is 14.4. The number of benzene rings is 1. The van der Waals surface area contributed by atoms with Gasteiger partial charge in [-0.3, -0.25) is 9.55 Å². The van der Waals surface area contributed by atoms with Gasteiger partial charge in [-0.15, -0.1) is 0 Å². The molecule has 0 aliphatic rings. The number of rotatable bonds is 5. The van der Waals surface area contributed by atoms with Gasteiger partial charge in [-0.25, -0.2) is 0 Å². The lowest BCUT2D eigenvalue weighted by atomic mass is 10.1. The third kappa shape index (κ3) is 3.81. The molecule has 2 aromatic heterocycles. The Morgan fingerprint density at radius 1 is 1.08 bits per heavy atom. The highest BCUT2D eigenvalue weighted by atomic mass is 31.2. The van der Waals surface area contributed by atoms with Crippen molar-refractivity contribution in [2.45, 2.75) is 12.6 Å². The molecule has 6 heteroatoms. The Morgan fingerprint density at radius 3 is 2.31 bits per heavy atom. The lowest BCUT2D eigenvalue weighted by Crippen LogP contribution is -2.36. The molecule has 0 saturated heterocycles. The standard InChI is InChI=1S/C20H19N2O3P/c1-3-16-4-6-19(7-5-16)22-13-10-18(17-8-11-21-12-9-17)14-20(22)15(2)26(23,24)25/h3-15H,1H2,2H3,(H-,23,24,25)/p+1. The molecule has 1 atom stereocenters. The Bertz CT molecular complexity index is 966. The van der Waals surface area contributed by atoms with Crippen molar-refractivity contribution in [1.82, 2.24) is 4.98 Å². The van der Waals surface area contributed by atoms with Gasteiger partial charge >= 0.3 is 7.60 Å². The maximum atomic E-state index is 11.9. The van der Waals surface area contributed by atoms with Gasteiger partial charge in [-0.1, -0.05) is 12.7 Å². The minimum atomic E-state index is -4.30. The molecule has 26 heavy (non-hydrogen) atoms. The van der Waals surface area contributed by atoms with Crippen LogP contribution in [-0.2, 0) is 4.57 Å². The molecule has 2 N–H and O–H groups in total. The number of aromatic nitrogens is 2. The molecule has 0 radical (unpaired) electrons. The van der Waals surface area contributed by atoms with Crippen LogP contribution in [-0.4, -0.2) is 14.8 Å². The average Bonchev–Trinajstić information content (AvgIpc) is 2.67. The van der Waals surface area contributed by atoms with Gasteiger partial charge in [-0.05, 0) is 47.9 Å². The van der Waals surface area contributed by atoms with Crippen molar-refractivity contribution in [2.24, 2.45) is 0 Å². The zero-order valence-corrected chi connectivity index (χ0v) is 15.3. The van der Waals surface area contributed by atoms with Crippen LogP contribution in [0.1, 0.15) is 23.8 Å². The highest BCUT2D eigenvalue weighted by molar-refractivity contribution is 7.52. The van der Waals surface area contributed by atoms with Crippen molar-refractivity contribution in [3.63, 3.8) is 0 Å². The summed E-state index contributed by atoms with van der Waals surface area (Å²) in [6, 6.07) is 15.1. The van der Waals surface area contributed by atoms with Crippen LogP contribution in [0.3, 0.4) is 0 Å². The summed E-state index contributed by atoms with van der Waals surface area (Å²) in [6.07, 6.45) is 6.97. The van der Waals surface area contributed by atoms with E-state index in [9.17, 15) is 14.4 Å². The second-order valence-corrected chi connectivity index (χ2v) is 7.96. The molecule has 5 nitrogen and oxygen atoms in total.